The zero-order chi connectivity index (χ0) is 21.2. The van der Waals surface area contributed by atoms with Gasteiger partial charge in [0.2, 0.25) is 5.13 Å². The van der Waals surface area contributed by atoms with Crippen molar-refractivity contribution < 1.29 is 19.0 Å². The fourth-order valence-corrected chi connectivity index (χ4v) is 3.21. The lowest BCUT2D eigenvalue weighted by Crippen LogP contribution is -2.07. The number of nitrogens with one attached hydrogen (secondary N) is 1. The minimum absolute atomic E-state index is 0.140. The third-order valence-corrected chi connectivity index (χ3v) is 4.53. The largest absolute Gasteiger partial charge is 0.490 e. The topological polar surface area (TPSA) is 82.0 Å². The molecule has 0 saturated carbocycles. The number of hydrogen-bond acceptors (Lipinski definition) is 8. The molecular weight excluding hydrogens is 414 g/mol. The summed E-state index contributed by atoms with van der Waals surface area (Å²) in [5, 5.41) is 7.02. The second-order valence-corrected chi connectivity index (χ2v) is 7.73. The van der Waals surface area contributed by atoms with Crippen LogP contribution in [0.3, 0.4) is 0 Å². The van der Waals surface area contributed by atoms with Crippen LogP contribution in [0, 0.1) is 5.92 Å². The van der Waals surface area contributed by atoms with Crippen LogP contribution in [0.4, 0.5) is 5.13 Å². The number of hydrazone groups is 1. The summed E-state index contributed by atoms with van der Waals surface area (Å²) in [5.41, 5.74) is 4.25. The molecule has 1 aromatic carbocycles. The Morgan fingerprint density at radius 3 is 2.79 bits per heavy atom. The van der Waals surface area contributed by atoms with Crippen molar-refractivity contribution in [3.63, 3.8) is 0 Å². The van der Waals surface area contributed by atoms with E-state index in [9.17, 15) is 4.79 Å². The summed E-state index contributed by atoms with van der Waals surface area (Å²) in [5.74, 6) is 1.19. The number of rotatable bonds is 11. The number of thiazole rings is 1. The second kappa shape index (κ2) is 11.6. The molecule has 9 heteroatoms. The summed E-state index contributed by atoms with van der Waals surface area (Å²) in [4.78, 5) is 15.8. The van der Waals surface area contributed by atoms with Crippen molar-refractivity contribution in [2.75, 3.05) is 25.2 Å². The van der Waals surface area contributed by atoms with Crippen LogP contribution >= 0.6 is 22.9 Å². The highest BCUT2D eigenvalue weighted by atomic mass is 35.5. The normalized spacial score (nSPS) is 11.1. The molecule has 0 bridgehead atoms. The molecule has 0 amide bonds. The lowest BCUT2D eigenvalue weighted by molar-refractivity contribution is -0.142. The summed E-state index contributed by atoms with van der Waals surface area (Å²) in [6.07, 6.45) is 1.76. The quantitative estimate of drug-likeness (QED) is 0.308. The molecule has 0 atom stereocenters. The van der Waals surface area contributed by atoms with Gasteiger partial charge in [0.15, 0.2) is 11.5 Å². The molecule has 158 valence electrons. The second-order valence-electron chi connectivity index (χ2n) is 6.46. The zero-order valence-electron chi connectivity index (χ0n) is 17.0. The van der Waals surface area contributed by atoms with Gasteiger partial charge in [-0.05, 0) is 37.5 Å². The number of nitrogens with zero attached hydrogens (tertiary/aromatic N) is 2. The highest BCUT2D eigenvalue weighted by Crippen LogP contribution is 2.36. The molecule has 0 aliphatic rings. The van der Waals surface area contributed by atoms with Crippen molar-refractivity contribution in [2.45, 2.75) is 34.1 Å². The molecule has 2 rings (SSSR count). The minimum Gasteiger partial charge on any atom is -0.490 e. The van der Waals surface area contributed by atoms with Gasteiger partial charge in [-0.3, -0.25) is 10.2 Å². The molecule has 0 unspecified atom stereocenters. The highest BCUT2D eigenvalue weighted by Gasteiger charge is 2.13. The molecule has 7 nitrogen and oxygen atoms in total. The van der Waals surface area contributed by atoms with Gasteiger partial charge in [-0.2, -0.15) is 5.10 Å². The minimum atomic E-state index is -0.300. The van der Waals surface area contributed by atoms with E-state index in [1.165, 1.54) is 11.3 Å². The third kappa shape index (κ3) is 7.55. The summed E-state index contributed by atoms with van der Waals surface area (Å²) >= 11 is 7.74. The number of ether oxygens (including phenoxy) is 3. The number of hydrogen-bond donors (Lipinski definition) is 1. The fraction of sp³-hybridized carbons (Fsp3) is 0.450. The lowest BCUT2D eigenvalue weighted by Gasteiger charge is -2.15. The molecular formula is C20H26ClN3O4S. The standard InChI is InChI=1S/C20H26ClN3O4S/c1-5-26-17-8-14(7-16(21)19(17)28-11-13(3)4)10-22-24-20-23-15(12-29-20)9-18(25)27-6-2/h7-8,10,12-13H,5-6,9,11H2,1-4H3,(H,23,24)/b22-10-. The van der Waals surface area contributed by atoms with Gasteiger partial charge in [0.25, 0.3) is 0 Å². The molecule has 1 N–H and O–H groups in total. The number of benzene rings is 1. The predicted molar refractivity (Wildman–Crippen MR) is 117 cm³/mol. The van der Waals surface area contributed by atoms with Crippen LogP contribution in [0.1, 0.15) is 39.0 Å². The SMILES string of the molecule is CCOC(=O)Cc1csc(N/N=C\c2cc(Cl)c(OCC(C)C)c(OCC)c2)n1. The van der Waals surface area contributed by atoms with E-state index in [1.807, 2.05) is 13.0 Å². The molecule has 0 aliphatic carbocycles. The number of esters is 1. The van der Waals surface area contributed by atoms with Crippen molar-refractivity contribution in [3.8, 4) is 11.5 Å². The summed E-state index contributed by atoms with van der Waals surface area (Å²) in [6.45, 7) is 9.20. The van der Waals surface area contributed by atoms with Gasteiger partial charge in [-0.15, -0.1) is 11.3 Å². The Hall–Kier alpha value is -2.32. The van der Waals surface area contributed by atoms with Crippen molar-refractivity contribution in [1.82, 2.24) is 4.98 Å². The number of anilines is 1. The first-order chi connectivity index (χ1) is 13.9. The fourth-order valence-electron chi connectivity index (χ4n) is 2.28. The van der Waals surface area contributed by atoms with E-state index in [0.29, 0.717) is 53.1 Å². The van der Waals surface area contributed by atoms with Gasteiger partial charge in [0, 0.05) is 5.38 Å². The van der Waals surface area contributed by atoms with Gasteiger partial charge in [-0.1, -0.05) is 25.4 Å². The molecule has 1 heterocycles. The Bertz CT molecular complexity index is 839. The van der Waals surface area contributed by atoms with Crippen LogP contribution < -0.4 is 14.9 Å². The Labute approximate surface area is 180 Å². The zero-order valence-corrected chi connectivity index (χ0v) is 18.6. The average molecular weight is 440 g/mol. The van der Waals surface area contributed by atoms with Crippen LogP contribution in [0.5, 0.6) is 11.5 Å². The van der Waals surface area contributed by atoms with E-state index in [-0.39, 0.29) is 12.4 Å². The molecule has 1 aromatic heterocycles. The Balaban J connectivity index is 2.04. The Morgan fingerprint density at radius 2 is 2.10 bits per heavy atom. The first-order valence-corrected chi connectivity index (χ1v) is 10.7. The summed E-state index contributed by atoms with van der Waals surface area (Å²) in [7, 11) is 0. The number of aromatic nitrogens is 1. The van der Waals surface area contributed by atoms with Gasteiger partial charge in [0.05, 0.1) is 43.2 Å². The molecule has 29 heavy (non-hydrogen) atoms. The molecule has 0 spiro atoms. The first kappa shape index (κ1) is 23.0. The van der Waals surface area contributed by atoms with Crippen molar-refractivity contribution in [2.24, 2.45) is 11.0 Å². The van der Waals surface area contributed by atoms with Crippen molar-refractivity contribution in [1.29, 1.82) is 0 Å². The van der Waals surface area contributed by atoms with Crippen molar-refractivity contribution >= 4 is 40.3 Å². The van der Waals surface area contributed by atoms with Gasteiger partial charge < -0.3 is 14.2 Å². The third-order valence-electron chi connectivity index (χ3n) is 3.45. The van der Waals surface area contributed by atoms with E-state index in [2.05, 4.69) is 29.4 Å². The molecule has 2 aromatic rings. The van der Waals surface area contributed by atoms with E-state index in [0.717, 1.165) is 5.56 Å². The maximum absolute atomic E-state index is 11.5. The average Bonchev–Trinajstić information content (AvgIpc) is 3.08. The molecule has 0 aliphatic heterocycles. The van der Waals surface area contributed by atoms with E-state index >= 15 is 0 Å². The summed E-state index contributed by atoms with van der Waals surface area (Å²) < 4.78 is 16.4. The molecule has 0 fully saturated rings. The van der Waals surface area contributed by atoms with E-state index in [4.69, 9.17) is 25.8 Å². The van der Waals surface area contributed by atoms with Gasteiger partial charge in [0.1, 0.15) is 0 Å². The maximum atomic E-state index is 11.5. The van der Waals surface area contributed by atoms with E-state index < -0.39 is 0 Å². The van der Waals surface area contributed by atoms with Crippen molar-refractivity contribution in [3.05, 3.63) is 33.8 Å². The van der Waals surface area contributed by atoms with Crippen LogP contribution in [-0.2, 0) is 16.0 Å². The maximum Gasteiger partial charge on any atom is 0.311 e. The highest BCUT2D eigenvalue weighted by molar-refractivity contribution is 7.13. The molecule has 0 saturated heterocycles. The van der Waals surface area contributed by atoms with E-state index in [1.54, 1.807) is 24.6 Å². The summed E-state index contributed by atoms with van der Waals surface area (Å²) in [6, 6.07) is 3.59. The first-order valence-electron chi connectivity index (χ1n) is 9.41. The monoisotopic (exact) mass is 439 g/mol. The van der Waals surface area contributed by atoms with Crippen LogP contribution in [0.15, 0.2) is 22.6 Å². The van der Waals surface area contributed by atoms with Gasteiger partial charge in [-0.25, -0.2) is 4.98 Å². The Kier molecular flexibility index (Phi) is 9.21. The number of halogens is 1. The lowest BCUT2D eigenvalue weighted by atomic mass is 10.2. The molecule has 0 radical (unpaired) electrons. The number of carbonyl (C=O) groups excluding carboxylic acids is 1. The Morgan fingerprint density at radius 1 is 1.31 bits per heavy atom. The van der Waals surface area contributed by atoms with Gasteiger partial charge >= 0.3 is 5.97 Å². The van der Waals surface area contributed by atoms with Crippen LogP contribution in [0.25, 0.3) is 0 Å². The predicted octanol–water partition coefficient (Wildman–Crippen LogP) is 4.78. The van der Waals surface area contributed by atoms with Crippen LogP contribution in [-0.4, -0.2) is 37.0 Å². The smallest absolute Gasteiger partial charge is 0.311 e. The van der Waals surface area contributed by atoms with Crippen LogP contribution in [0.2, 0.25) is 5.02 Å². The number of carbonyl (C=O) groups is 1.